The zero-order valence-corrected chi connectivity index (χ0v) is 23.2. The molecule has 0 amide bonds. The standard InChI is InChI=1S/C28H52N2O4/c1-20-16-22(18-26(3,4)29(20)7)28(25(33)34,15-13-11-9-10-12-14-24(31)32)23-17-21(2)30(8)27(5,6)19-23/h20-23H,9-19H2,1-8H3,(H,31,32)(H,33,34). The fourth-order valence-corrected chi connectivity index (χ4v) is 7.20. The van der Waals surface area contributed by atoms with E-state index in [2.05, 4.69) is 65.4 Å². The molecule has 2 heterocycles. The monoisotopic (exact) mass is 480 g/mol. The predicted octanol–water partition coefficient (Wildman–Crippen LogP) is 5.89. The van der Waals surface area contributed by atoms with Crippen molar-refractivity contribution < 1.29 is 19.8 Å². The molecule has 2 saturated heterocycles. The van der Waals surface area contributed by atoms with Crippen molar-refractivity contribution in [3.63, 3.8) is 0 Å². The third-order valence-electron chi connectivity index (χ3n) is 9.81. The van der Waals surface area contributed by atoms with Gasteiger partial charge in [0, 0.05) is 29.6 Å². The number of rotatable bonds is 11. The van der Waals surface area contributed by atoms with Gasteiger partial charge in [-0.05, 0) is 106 Å². The molecule has 2 N–H and O–H groups in total. The molecule has 4 atom stereocenters. The van der Waals surface area contributed by atoms with Crippen LogP contribution in [0.3, 0.4) is 0 Å². The topological polar surface area (TPSA) is 81.1 Å². The molecule has 34 heavy (non-hydrogen) atoms. The number of unbranched alkanes of at least 4 members (excludes halogenated alkanes) is 4. The first-order chi connectivity index (χ1) is 15.6. The van der Waals surface area contributed by atoms with Crippen molar-refractivity contribution in [2.24, 2.45) is 17.3 Å². The normalized spacial score (nSPS) is 31.6. The van der Waals surface area contributed by atoms with Crippen molar-refractivity contribution in [1.82, 2.24) is 9.80 Å². The number of carboxylic acids is 2. The smallest absolute Gasteiger partial charge is 0.310 e. The summed E-state index contributed by atoms with van der Waals surface area (Å²) in [6, 6.07) is 0.723. The molecule has 0 saturated carbocycles. The van der Waals surface area contributed by atoms with E-state index in [9.17, 15) is 14.7 Å². The van der Waals surface area contributed by atoms with Crippen molar-refractivity contribution in [3.05, 3.63) is 0 Å². The second-order valence-corrected chi connectivity index (χ2v) is 12.8. The average Bonchev–Trinajstić information content (AvgIpc) is 2.71. The Balaban J connectivity index is 2.31. The number of likely N-dealkylation sites (tertiary alicyclic amines) is 2. The van der Waals surface area contributed by atoms with Crippen LogP contribution >= 0.6 is 0 Å². The molecule has 2 fully saturated rings. The first-order valence-electron chi connectivity index (χ1n) is 13.6. The Morgan fingerprint density at radius 3 is 1.59 bits per heavy atom. The van der Waals surface area contributed by atoms with Crippen LogP contribution in [-0.2, 0) is 9.59 Å². The summed E-state index contributed by atoms with van der Waals surface area (Å²) in [7, 11) is 4.36. The van der Waals surface area contributed by atoms with Gasteiger partial charge in [-0.15, -0.1) is 0 Å². The highest BCUT2D eigenvalue weighted by Crippen LogP contribution is 2.55. The second kappa shape index (κ2) is 11.3. The van der Waals surface area contributed by atoms with E-state index >= 15 is 0 Å². The van der Waals surface area contributed by atoms with E-state index in [1.54, 1.807) is 0 Å². The summed E-state index contributed by atoms with van der Waals surface area (Å²) >= 11 is 0. The van der Waals surface area contributed by atoms with Crippen LogP contribution in [0.2, 0.25) is 0 Å². The van der Waals surface area contributed by atoms with Crippen LogP contribution in [0.4, 0.5) is 0 Å². The van der Waals surface area contributed by atoms with Gasteiger partial charge in [0.05, 0.1) is 5.41 Å². The number of piperidine rings is 2. The van der Waals surface area contributed by atoms with Crippen LogP contribution in [0.25, 0.3) is 0 Å². The Bertz CT molecular complexity index is 669. The minimum atomic E-state index is -0.733. The van der Waals surface area contributed by atoms with Gasteiger partial charge >= 0.3 is 11.9 Å². The van der Waals surface area contributed by atoms with Crippen LogP contribution in [-0.4, -0.2) is 69.2 Å². The van der Waals surface area contributed by atoms with Crippen LogP contribution in [0, 0.1) is 17.3 Å². The Hall–Kier alpha value is -1.14. The number of nitrogens with zero attached hydrogens (tertiary/aromatic N) is 2. The van der Waals surface area contributed by atoms with E-state index < -0.39 is 17.4 Å². The molecule has 0 aromatic heterocycles. The summed E-state index contributed by atoms with van der Waals surface area (Å²) < 4.78 is 0. The van der Waals surface area contributed by atoms with Crippen LogP contribution in [0.5, 0.6) is 0 Å². The Morgan fingerprint density at radius 2 is 1.21 bits per heavy atom. The highest BCUT2D eigenvalue weighted by atomic mass is 16.4. The Morgan fingerprint density at radius 1 is 0.794 bits per heavy atom. The third kappa shape index (κ3) is 6.34. The van der Waals surface area contributed by atoms with Crippen LogP contribution < -0.4 is 0 Å². The van der Waals surface area contributed by atoms with Gasteiger partial charge in [-0.1, -0.05) is 25.7 Å². The average molecular weight is 481 g/mol. The lowest BCUT2D eigenvalue weighted by atomic mass is 9.54. The van der Waals surface area contributed by atoms with E-state index in [4.69, 9.17) is 5.11 Å². The lowest BCUT2D eigenvalue weighted by Gasteiger charge is -2.57. The third-order valence-corrected chi connectivity index (χ3v) is 9.81. The first-order valence-corrected chi connectivity index (χ1v) is 13.6. The maximum atomic E-state index is 13.4. The summed E-state index contributed by atoms with van der Waals surface area (Å²) in [6.07, 6.45) is 9.14. The molecule has 6 nitrogen and oxygen atoms in total. The highest BCUT2D eigenvalue weighted by Gasteiger charge is 2.57. The van der Waals surface area contributed by atoms with Gasteiger partial charge in [0.15, 0.2) is 0 Å². The summed E-state index contributed by atoms with van der Waals surface area (Å²) in [5, 5.41) is 19.8. The SMILES string of the molecule is CC1CC(C(CCCCCCCC(=O)O)(C(=O)O)C2CC(C)N(C)C(C)(C)C2)CC(C)(C)N1C. The van der Waals surface area contributed by atoms with Gasteiger partial charge in [0.25, 0.3) is 0 Å². The lowest BCUT2D eigenvalue weighted by Crippen LogP contribution is -2.61. The molecule has 2 aliphatic heterocycles. The van der Waals surface area contributed by atoms with Gasteiger partial charge in [-0.3, -0.25) is 19.4 Å². The number of aliphatic carboxylic acids is 2. The van der Waals surface area contributed by atoms with Crippen molar-refractivity contribution in [1.29, 1.82) is 0 Å². The van der Waals surface area contributed by atoms with Gasteiger partial charge in [0.2, 0.25) is 0 Å². The lowest BCUT2D eigenvalue weighted by molar-refractivity contribution is -0.170. The summed E-state index contributed by atoms with van der Waals surface area (Å²) in [5.41, 5.74) is -0.750. The zero-order valence-electron chi connectivity index (χ0n) is 23.2. The minimum Gasteiger partial charge on any atom is -0.481 e. The molecule has 0 spiro atoms. The molecule has 2 aliphatic rings. The molecule has 4 unspecified atom stereocenters. The maximum absolute atomic E-state index is 13.4. The van der Waals surface area contributed by atoms with Crippen LogP contribution in [0.1, 0.15) is 112 Å². The molecule has 0 bridgehead atoms. The van der Waals surface area contributed by atoms with Crippen molar-refractivity contribution in [2.75, 3.05) is 14.1 Å². The molecule has 0 aromatic carbocycles. The fraction of sp³-hybridized carbons (Fsp3) is 0.929. The zero-order chi connectivity index (χ0) is 25.9. The van der Waals surface area contributed by atoms with Crippen molar-refractivity contribution >= 4 is 11.9 Å². The summed E-state index contributed by atoms with van der Waals surface area (Å²) in [6.45, 7) is 13.6. The van der Waals surface area contributed by atoms with Gasteiger partial charge in [-0.25, -0.2) is 0 Å². The fourth-order valence-electron chi connectivity index (χ4n) is 7.20. The highest BCUT2D eigenvalue weighted by molar-refractivity contribution is 5.75. The van der Waals surface area contributed by atoms with Crippen molar-refractivity contribution in [2.45, 2.75) is 135 Å². The molecule has 2 rings (SSSR count). The molecule has 0 radical (unpaired) electrons. The van der Waals surface area contributed by atoms with E-state index in [-0.39, 0.29) is 29.3 Å². The molecular formula is C28H52N2O4. The number of hydrogen-bond donors (Lipinski definition) is 2. The number of carboxylic acid groups (broad SMARTS) is 2. The molecular weight excluding hydrogens is 428 g/mol. The summed E-state index contributed by atoms with van der Waals surface area (Å²) in [4.78, 5) is 29.0. The predicted molar refractivity (Wildman–Crippen MR) is 138 cm³/mol. The Labute approximate surface area is 208 Å². The minimum absolute atomic E-state index is 0.0214. The van der Waals surface area contributed by atoms with Crippen LogP contribution in [0.15, 0.2) is 0 Å². The number of carbonyl (C=O) groups is 2. The van der Waals surface area contributed by atoms with Gasteiger partial charge in [-0.2, -0.15) is 0 Å². The van der Waals surface area contributed by atoms with E-state index in [0.717, 1.165) is 57.8 Å². The largest absolute Gasteiger partial charge is 0.481 e. The van der Waals surface area contributed by atoms with E-state index in [1.807, 2.05) is 0 Å². The van der Waals surface area contributed by atoms with E-state index in [1.165, 1.54) is 0 Å². The van der Waals surface area contributed by atoms with Crippen molar-refractivity contribution in [3.8, 4) is 0 Å². The molecule has 198 valence electrons. The molecule has 0 aromatic rings. The van der Waals surface area contributed by atoms with E-state index in [0.29, 0.717) is 18.5 Å². The quantitative estimate of drug-likeness (QED) is 0.359. The second-order valence-electron chi connectivity index (χ2n) is 12.8. The molecule has 6 heteroatoms. The van der Waals surface area contributed by atoms with Gasteiger partial charge in [0.1, 0.15) is 0 Å². The maximum Gasteiger partial charge on any atom is 0.310 e. The summed E-state index contributed by atoms with van der Waals surface area (Å²) in [5.74, 6) is -0.999. The number of hydrogen-bond acceptors (Lipinski definition) is 4. The van der Waals surface area contributed by atoms with Gasteiger partial charge < -0.3 is 10.2 Å². The Kier molecular flexibility index (Phi) is 9.65. The first kappa shape index (κ1) is 29.1. The molecule has 0 aliphatic carbocycles.